The quantitative estimate of drug-likeness (QED) is 0.196. The molecule has 0 atom stereocenters. The maximum atomic E-state index is 11.7. The van der Waals surface area contributed by atoms with Crippen LogP contribution in [0.25, 0.3) is 0 Å². The Morgan fingerprint density at radius 1 is 0.431 bits per heavy atom. The zero-order valence-electron chi connectivity index (χ0n) is 53.1. The number of Topliss-reactive ketones (excluding diaryl/α,β-unsaturated/α-hetero) is 1. The second-order valence-electron chi connectivity index (χ2n) is 30.4. The van der Waals surface area contributed by atoms with Gasteiger partial charge in [0.15, 0.2) is 0 Å². The minimum Gasteiger partial charge on any atom is -0.465 e. The van der Waals surface area contributed by atoms with Gasteiger partial charge in [-0.25, -0.2) is 0 Å². The number of esters is 3. The summed E-state index contributed by atoms with van der Waals surface area (Å²) in [5, 5.41) is 0. The van der Waals surface area contributed by atoms with E-state index >= 15 is 0 Å². The Bertz CT molecular complexity index is 1570. The van der Waals surface area contributed by atoms with Crippen molar-refractivity contribution in [2.45, 2.75) is 290 Å². The molecular weight excluding hydrogens is 897 g/mol. The lowest BCUT2D eigenvalue weighted by molar-refractivity contribution is -0.157. The van der Waals surface area contributed by atoms with E-state index in [1.165, 1.54) is 24.0 Å². The lowest BCUT2D eigenvalue weighted by atomic mass is 9.80. The minimum atomic E-state index is -0.391. The van der Waals surface area contributed by atoms with Gasteiger partial charge in [-0.2, -0.15) is 0 Å². The predicted octanol–water partition coefficient (Wildman–Crippen LogP) is 18.6. The molecule has 1 saturated carbocycles. The molecule has 0 saturated heterocycles. The van der Waals surface area contributed by atoms with Crippen molar-refractivity contribution in [3.05, 3.63) is 35.4 Å². The molecule has 0 N–H and O–H groups in total. The van der Waals surface area contributed by atoms with Gasteiger partial charge in [0.25, 0.3) is 0 Å². The normalized spacial score (nSPS) is 15.7. The van der Waals surface area contributed by atoms with E-state index in [-0.39, 0.29) is 74.4 Å². The average Bonchev–Trinajstić information content (AvgIpc) is 3.13. The number of carbonyl (C=O) groups is 4. The van der Waals surface area contributed by atoms with E-state index in [0.29, 0.717) is 43.7 Å². The first kappa shape index (κ1) is 78.2. The van der Waals surface area contributed by atoms with Crippen molar-refractivity contribution in [3.8, 4) is 0 Å². The zero-order chi connectivity index (χ0) is 57.6. The first-order valence-electron chi connectivity index (χ1n) is 27.0. The molecule has 428 valence electrons. The molecule has 1 aromatic rings. The van der Waals surface area contributed by atoms with Crippen LogP contribution in [0, 0.1) is 44.3 Å². The molecule has 0 radical (unpaired) electrons. The molecule has 0 amide bonds. The monoisotopic (exact) mass is 1020 g/mol. The number of benzene rings is 1. The summed E-state index contributed by atoms with van der Waals surface area (Å²) in [6.45, 7) is 67.1. The first-order valence-corrected chi connectivity index (χ1v) is 27.0. The minimum absolute atomic E-state index is 0. The molecule has 1 aliphatic carbocycles. The van der Waals surface area contributed by atoms with Crippen LogP contribution in [0.15, 0.2) is 24.3 Å². The molecule has 8 nitrogen and oxygen atoms in total. The summed E-state index contributed by atoms with van der Waals surface area (Å²) in [5.41, 5.74) is 2.19. The fourth-order valence-electron chi connectivity index (χ4n) is 5.87. The van der Waals surface area contributed by atoms with Crippen molar-refractivity contribution < 1.29 is 38.1 Å². The van der Waals surface area contributed by atoms with Crippen LogP contribution in [-0.4, -0.2) is 54.7 Å². The lowest BCUT2D eigenvalue weighted by Gasteiger charge is -2.31. The summed E-state index contributed by atoms with van der Waals surface area (Å²) in [6.07, 6.45) is 5.83. The Balaban J connectivity index is -0.000000261. The molecule has 0 spiro atoms. The maximum Gasteiger partial charge on any atom is 0.311 e. The van der Waals surface area contributed by atoms with Gasteiger partial charge in [0.05, 0.1) is 42.7 Å². The standard InChI is InChI=1S/C17H32O3.C14H22.2C10H20O2.C10H20O.C2H6.CH4/c1-16(2,3)15(18)19-11-13-7-9-14(10-8-13)12-20-17(4,5)6;1-13(2,3)11-7-9-12(10-8-11)14(4,5)6;1-9(2,3)7-12-8(11)10(4,5)6;1-9(2,3)7-8(11)12-10(4,5)6;1-9(2,3)7-8(11)10(4,5)6;1-2;/h13-14H,7-12H2,1-6H3;7-10H,1-6H3;2*7H2,1-6H3;7H2,1-6H3;1-2H3;1H4. The van der Waals surface area contributed by atoms with Gasteiger partial charge in [0.1, 0.15) is 11.4 Å². The van der Waals surface area contributed by atoms with Crippen molar-refractivity contribution in [1.29, 1.82) is 0 Å². The molecule has 1 aliphatic rings. The van der Waals surface area contributed by atoms with E-state index in [4.69, 9.17) is 18.9 Å². The highest BCUT2D eigenvalue weighted by molar-refractivity contribution is 5.84. The predicted molar refractivity (Wildman–Crippen MR) is 312 cm³/mol. The van der Waals surface area contributed by atoms with Crippen LogP contribution in [0.2, 0.25) is 0 Å². The number of ketones is 1. The van der Waals surface area contributed by atoms with Crippen molar-refractivity contribution in [2.24, 2.45) is 44.3 Å². The number of hydrogen-bond donors (Lipinski definition) is 0. The van der Waals surface area contributed by atoms with Crippen LogP contribution in [0.3, 0.4) is 0 Å². The number of ether oxygens (including phenoxy) is 4. The first-order chi connectivity index (χ1) is 31.1. The molecule has 1 fully saturated rings. The highest BCUT2D eigenvalue weighted by Crippen LogP contribution is 2.32. The van der Waals surface area contributed by atoms with E-state index in [0.717, 1.165) is 19.4 Å². The third kappa shape index (κ3) is 47.0. The number of hydrogen-bond acceptors (Lipinski definition) is 8. The second kappa shape index (κ2) is 32.0. The molecule has 8 heteroatoms. The Morgan fingerprint density at radius 2 is 0.750 bits per heavy atom. The highest BCUT2D eigenvalue weighted by Gasteiger charge is 2.29. The third-order valence-electron chi connectivity index (χ3n) is 10.3. The van der Waals surface area contributed by atoms with Gasteiger partial charge in [-0.15, -0.1) is 0 Å². The molecule has 0 unspecified atom stereocenters. The topological polar surface area (TPSA) is 105 Å². The van der Waals surface area contributed by atoms with E-state index < -0.39 is 5.41 Å². The van der Waals surface area contributed by atoms with Gasteiger partial charge in [-0.3, -0.25) is 19.2 Å². The number of carbonyl (C=O) groups excluding carboxylic acids is 4. The summed E-state index contributed by atoms with van der Waals surface area (Å²) in [5.74, 6) is 1.23. The van der Waals surface area contributed by atoms with E-state index in [1.807, 2.05) is 138 Å². The maximum absolute atomic E-state index is 11.7. The summed E-state index contributed by atoms with van der Waals surface area (Å²) < 4.78 is 21.6. The molecule has 1 aromatic carbocycles. The summed E-state index contributed by atoms with van der Waals surface area (Å²) in [4.78, 5) is 45.8. The SMILES string of the molecule is C.CC.CC(C)(C)CC(=O)C(C)(C)C.CC(C)(C)CC(=O)OC(C)(C)C.CC(C)(C)COC(=O)C(C)(C)C.CC(C)(C)OCC1CCC(COC(=O)C(C)(C)C)CC1.CC(C)(C)c1ccc(C(C)(C)C)cc1. The van der Waals surface area contributed by atoms with Crippen LogP contribution < -0.4 is 0 Å². The summed E-state index contributed by atoms with van der Waals surface area (Å²) in [7, 11) is 0. The fourth-order valence-corrected chi connectivity index (χ4v) is 5.87. The lowest BCUT2D eigenvalue weighted by Crippen LogP contribution is -2.29. The van der Waals surface area contributed by atoms with E-state index in [9.17, 15) is 19.2 Å². The van der Waals surface area contributed by atoms with Gasteiger partial charge < -0.3 is 18.9 Å². The van der Waals surface area contributed by atoms with Crippen LogP contribution in [0.1, 0.15) is 279 Å². The zero-order valence-corrected chi connectivity index (χ0v) is 53.1. The highest BCUT2D eigenvalue weighted by atomic mass is 16.6. The van der Waals surface area contributed by atoms with Gasteiger partial charge in [-0.05, 0) is 159 Å². The molecule has 72 heavy (non-hydrogen) atoms. The van der Waals surface area contributed by atoms with E-state index in [2.05, 4.69) is 107 Å². The summed E-state index contributed by atoms with van der Waals surface area (Å²) in [6, 6.07) is 9.00. The van der Waals surface area contributed by atoms with Crippen LogP contribution in [-0.2, 0) is 49.0 Å². The van der Waals surface area contributed by atoms with Gasteiger partial charge >= 0.3 is 17.9 Å². The van der Waals surface area contributed by atoms with Crippen LogP contribution >= 0.6 is 0 Å². The average molecular weight is 1020 g/mol. The molecule has 0 aromatic heterocycles. The van der Waals surface area contributed by atoms with E-state index in [1.54, 1.807) is 0 Å². The Labute approximate surface area is 449 Å². The van der Waals surface area contributed by atoms with Crippen LogP contribution in [0.5, 0.6) is 0 Å². The van der Waals surface area contributed by atoms with Gasteiger partial charge in [0, 0.05) is 11.8 Å². The Hall–Kier alpha value is -2.74. The second-order valence-corrected chi connectivity index (χ2v) is 30.4. The molecular formula is C64H124O8. The van der Waals surface area contributed by atoms with Gasteiger partial charge in [0.2, 0.25) is 0 Å². The molecule has 2 rings (SSSR count). The smallest absolute Gasteiger partial charge is 0.311 e. The molecule has 0 aliphatic heterocycles. The number of rotatable bonds is 7. The third-order valence-corrected chi connectivity index (χ3v) is 10.3. The van der Waals surface area contributed by atoms with Crippen molar-refractivity contribution in [2.75, 3.05) is 19.8 Å². The largest absolute Gasteiger partial charge is 0.465 e. The van der Waals surface area contributed by atoms with Crippen molar-refractivity contribution in [1.82, 2.24) is 0 Å². The van der Waals surface area contributed by atoms with Crippen LogP contribution in [0.4, 0.5) is 0 Å². The van der Waals surface area contributed by atoms with Crippen molar-refractivity contribution >= 4 is 23.7 Å². The molecule has 0 bridgehead atoms. The van der Waals surface area contributed by atoms with Gasteiger partial charge in [-0.1, -0.05) is 170 Å². The fraction of sp³-hybridized carbons (Fsp3) is 0.844. The molecule has 0 heterocycles. The van der Waals surface area contributed by atoms with Crippen molar-refractivity contribution in [3.63, 3.8) is 0 Å². The summed E-state index contributed by atoms with van der Waals surface area (Å²) >= 11 is 0. The Morgan fingerprint density at radius 3 is 0.986 bits per heavy atom. The Kier molecular flexibility index (Phi) is 34.7.